The van der Waals surface area contributed by atoms with Crippen molar-refractivity contribution in [3.63, 3.8) is 0 Å². The number of aromatic nitrogens is 1. The van der Waals surface area contributed by atoms with Gasteiger partial charge in [0.2, 0.25) is 0 Å². The van der Waals surface area contributed by atoms with E-state index in [2.05, 4.69) is 22.2 Å². The molecule has 5 nitrogen and oxygen atoms in total. The maximum Gasteiger partial charge on any atom is 0.338 e. The maximum atomic E-state index is 11.4. The first kappa shape index (κ1) is 12.8. The van der Waals surface area contributed by atoms with Crippen LogP contribution in [0.2, 0.25) is 0 Å². The Bertz CT molecular complexity index is 414. The van der Waals surface area contributed by atoms with Crippen molar-refractivity contribution in [1.82, 2.24) is 9.88 Å². The number of ether oxygens (including phenoxy) is 1. The lowest BCUT2D eigenvalue weighted by molar-refractivity contribution is 0.0600. The van der Waals surface area contributed by atoms with E-state index in [1.807, 2.05) is 0 Å². The van der Waals surface area contributed by atoms with Crippen LogP contribution in [0.25, 0.3) is 0 Å². The van der Waals surface area contributed by atoms with Gasteiger partial charge in [0.15, 0.2) is 0 Å². The summed E-state index contributed by atoms with van der Waals surface area (Å²) >= 11 is 0. The van der Waals surface area contributed by atoms with Crippen molar-refractivity contribution in [2.75, 3.05) is 32.6 Å². The van der Waals surface area contributed by atoms with Gasteiger partial charge in [-0.3, -0.25) is 0 Å². The second-order valence-corrected chi connectivity index (χ2v) is 4.64. The molecule has 18 heavy (non-hydrogen) atoms. The average Bonchev–Trinajstić information content (AvgIpc) is 2.41. The largest absolute Gasteiger partial charge is 0.465 e. The van der Waals surface area contributed by atoms with Gasteiger partial charge < -0.3 is 15.0 Å². The van der Waals surface area contributed by atoms with Gasteiger partial charge in [-0.05, 0) is 45.1 Å². The molecule has 0 amide bonds. The number of methoxy groups -OCH3 is 1. The number of esters is 1. The van der Waals surface area contributed by atoms with E-state index in [-0.39, 0.29) is 5.97 Å². The summed E-state index contributed by atoms with van der Waals surface area (Å²) < 4.78 is 4.69. The van der Waals surface area contributed by atoms with Crippen LogP contribution in [0.1, 0.15) is 23.2 Å². The van der Waals surface area contributed by atoms with Crippen molar-refractivity contribution in [1.29, 1.82) is 0 Å². The number of carbonyl (C=O) groups excluding carboxylic acids is 1. The normalized spacial score (nSPS) is 17.4. The van der Waals surface area contributed by atoms with Crippen molar-refractivity contribution in [2.24, 2.45) is 0 Å². The zero-order valence-electron chi connectivity index (χ0n) is 10.8. The van der Waals surface area contributed by atoms with Crippen LogP contribution in [-0.2, 0) is 4.74 Å². The molecule has 0 unspecified atom stereocenters. The number of piperidine rings is 1. The summed E-state index contributed by atoms with van der Waals surface area (Å²) in [6.45, 7) is 2.18. The summed E-state index contributed by atoms with van der Waals surface area (Å²) in [7, 11) is 3.51. The van der Waals surface area contributed by atoms with Gasteiger partial charge in [-0.1, -0.05) is 0 Å². The van der Waals surface area contributed by atoms with E-state index in [9.17, 15) is 4.79 Å². The molecular weight excluding hydrogens is 230 g/mol. The molecule has 98 valence electrons. The lowest BCUT2D eigenvalue weighted by Gasteiger charge is -2.29. The molecule has 1 aliphatic rings. The molecule has 1 aliphatic heterocycles. The van der Waals surface area contributed by atoms with E-state index in [1.165, 1.54) is 7.11 Å². The number of hydrogen-bond acceptors (Lipinski definition) is 5. The first-order valence-electron chi connectivity index (χ1n) is 6.18. The molecule has 1 aromatic heterocycles. The Balaban J connectivity index is 1.99. The number of carbonyl (C=O) groups is 1. The molecule has 0 spiro atoms. The van der Waals surface area contributed by atoms with Crippen molar-refractivity contribution >= 4 is 11.8 Å². The number of hydrogen-bond donors (Lipinski definition) is 1. The minimum absolute atomic E-state index is 0.330. The van der Waals surface area contributed by atoms with Gasteiger partial charge in [-0.15, -0.1) is 0 Å². The molecular formula is C13H19N3O2. The van der Waals surface area contributed by atoms with Crippen LogP contribution in [0, 0.1) is 0 Å². The first-order chi connectivity index (χ1) is 8.69. The van der Waals surface area contributed by atoms with E-state index < -0.39 is 0 Å². The molecule has 1 fully saturated rings. The maximum absolute atomic E-state index is 11.4. The third kappa shape index (κ3) is 3.20. The number of nitrogens with one attached hydrogen (secondary N) is 1. The molecule has 1 N–H and O–H groups in total. The van der Waals surface area contributed by atoms with Gasteiger partial charge in [0, 0.05) is 12.2 Å². The van der Waals surface area contributed by atoms with E-state index in [1.54, 1.807) is 18.3 Å². The van der Waals surface area contributed by atoms with E-state index in [0.717, 1.165) is 31.7 Å². The van der Waals surface area contributed by atoms with Gasteiger partial charge in [0.1, 0.15) is 5.82 Å². The number of anilines is 1. The number of nitrogens with zero attached hydrogens (tertiary/aromatic N) is 2. The van der Waals surface area contributed by atoms with Crippen LogP contribution in [0.15, 0.2) is 18.3 Å². The minimum Gasteiger partial charge on any atom is -0.465 e. The molecule has 0 atom stereocenters. The molecule has 1 saturated heterocycles. The van der Waals surface area contributed by atoms with Crippen LogP contribution < -0.4 is 5.32 Å². The predicted molar refractivity (Wildman–Crippen MR) is 69.7 cm³/mol. The Morgan fingerprint density at radius 1 is 1.50 bits per heavy atom. The summed E-state index contributed by atoms with van der Waals surface area (Å²) in [6.07, 6.45) is 3.82. The van der Waals surface area contributed by atoms with Gasteiger partial charge >= 0.3 is 5.97 Å². The Labute approximate surface area is 107 Å². The SMILES string of the molecule is COC(=O)c1ccnc(NC2CCN(C)CC2)c1. The summed E-state index contributed by atoms with van der Waals surface area (Å²) in [5.74, 6) is 0.413. The van der Waals surface area contributed by atoms with Crippen LogP contribution in [0.3, 0.4) is 0 Å². The zero-order valence-corrected chi connectivity index (χ0v) is 10.8. The third-order valence-corrected chi connectivity index (χ3v) is 3.25. The fourth-order valence-electron chi connectivity index (χ4n) is 2.12. The van der Waals surface area contributed by atoms with Crippen molar-refractivity contribution in [2.45, 2.75) is 18.9 Å². The molecule has 5 heteroatoms. The van der Waals surface area contributed by atoms with Crippen molar-refractivity contribution in [3.05, 3.63) is 23.9 Å². The number of rotatable bonds is 3. The number of likely N-dealkylation sites (tertiary alicyclic amines) is 1. The molecule has 0 saturated carbocycles. The Morgan fingerprint density at radius 3 is 2.89 bits per heavy atom. The summed E-state index contributed by atoms with van der Waals surface area (Å²) in [5, 5.41) is 3.38. The van der Waals surface area contributed by atoms with Gasteiger partial charge in [0.25, 0.3) is 0 Å². The third-order valence-electron chi connectivity index (χ3n) is 3.25. The topological polar surface area (TPSA) is 54.5 Å². The second-order valence-electron chi connectivity index (χ2n) is 4.64. The highest BCUT2D eigenvalue weighted by molar-refractivity contribution is 5.89. The average molecular weight is 249 g/mol. The lowest BCUT2D eigenvalue weighted by atomic mass is 10.1. The van der Waals surface area contributed by atoms with Crippen molar-refractivity contribution in [3.8, 4) is 0 Å². The summed E-state index contributed by atoms with van der Waals surface area (Å²) in [6, 6.07) is 3.83. The second kappa shape index (κ2) is 5.82. The van der Waals surface area contributed by atoms with E-state index >= 15 is 0 Å². The molecule has 0 aromatic carbocycles. The lowest BCUT2D eigenvalue weighted by Crippen LogP contribution is -2.36. The molecule has 2 heterocycles. The predicted octanol–water partition coefficient (Wildman–Crippen LogP) is 1.37. The molecule has 0 aliphatic carbocycles. The zero-order chi connectivity index (χ0) is 13.0. The van der Waals surface area contributed by atoms with Crippen LogP contribution in [0.5, 0.6) is 0 Å². The molecule has 1 aromatic rings. The van der Waals surface area contributed by atoms with E-state index in [0.29, 0.717) is 11.6 Å². The molecule has 0 bridgehead atoms. The summed E-state index contributed by atoms with van der Waals surface area (Å²) in [5.41, 5.74) is 0.530. The standard InChI is InChI=1S/C13H19N3O2/c1-16-7-4-11(5-8-16)15-12-9-10(3-6-14-12)13(17)18-2/h3,6,9,11H,4-5,7-8H2,1-2H3,(H,14,15). The van der Waals surface area contributed by atoms with Crippen LogP contribution in [-0.4, -0.2) is 49.1 Å². The van der Waals surface area contributed by atoms with Gasteiger partial charge in [-0.25, -0.2) is 9.78 Å². The fourth-order valence-corrected chi connectivity index (χ4v) is 2.12. The Morgan fingerprint density at radius 2 is 2.22 bits per heavy atom. The highest BCUT2D eigenvalue weighted by Crippen LogP contribution is 2.15. The van der Waals surface area contributed by atoms with E-state index in [4.69, 9.17) is 4.74 Å². The summed E-state index contributed by atoms with van der Waals surface area (Å²) in [4.78, 5) is 18.0. The first-order valence-corrected chi connectivity index (χ1v) is 6.18. The van der Waals surface area contributed by atoms with Crippen LogP contribution >= 0.6 is 0 Å². The van der Waals surface area contributed by atoms with Crippen LogP contribution in [0.4, 0.5) is 5.82 Å². The fraction of sp³-hybridized carbons (Fsp3) is 0.538. The Kier molecular flexibility index (Phi) is 4.15. The highest BCUT2D eigenvalue weighted by Gasteiger charge is 2.17. The van der Waals surface area contributed by atoms with Crippen molar-refractivity contribution < 1.29 is 9.53 Å². The molecule has 2 rings (SSSR count). The highest BCUT2D eigenvalue weighted by atomic mass is 16.5. The monoisotopic (exact) mass is 249 g/mol. The molecule has 0 radical (unpaired) electrons. The number of pyridine rings is 1. The minimum atomic E-state index is -0.330. The van der Waals surface area contributed by atoms with Gasteiger partial charge in [-0.2, -0.15) is 0 Å². The Hall–Kier alpha value is -1.62. The van der Waals surface area contributed by atoms with Gasteiger partial charge in [0.05, 0.1) is 12.7 Å². The quantitative estimate of drug-likeness (QED) is 0.820. The smallest absolute Gasteiger partial charge is 0.338 e.